The van der Waals surface area contributed by atoms with Crippen molar-refractivity contribution in [2.45, 2.75) is 17.2 Å². The van der Waals surface area contributed by atoms with Gasteiger partial charge in [0.2, 0.25) is 10.8 Å². The first-order valence-electron chi connectivity index (χ1n) is 11.5. The lowest BCUT2D eigenvalue weighted by atomic mass is 9.99. The number of halogens is 1. The summed E-state index contributed by atoms with van der Waals surface area (Å²) in [7, 11) is 0. The molecular formula is C27H24ClN3O2S. The van der Waals surface area contributed by atoms with Gasteiger partial charge in [-0.3, -0.25) is 24.3 Å². The molecule has 0 aromatic heterocycles. The monoisotopic (exact) mass is 489 g/mol. The van der Waals surface area contributed by atoms with E-state index in [9.17, 15) is 9.59 Å². The zero-order valence-electron chi connectivity index (χ0n) is 18.6. The molecule has 0 aliphatic carbocycles. The van der Waals surface area contributed by atoms with Crippen molar-refractivity contribution >= 4 is 46.6 Å². The largest absolute Gasteiger partial charge is 0.295 e. The van der Waals surface area contributed by atoms with Crippen LogP contribution in [0, 0.1) is 0 Å². The zero-order valence-corrected chi connectivity index (χ0v) is 20.1. The maximum absolute atomic E-state index is 14.2. The molecule has 3 aliphatic heterocycles. The summed E-state index contributed by atoms with van der Waals surface area (Å²) in [5.41, 5.74) is 3.80. The van der Waals surface area contributed by atoms with Gasteiger partial charge in [-0.15, -0.1) is 11.8 Å². The molecule has 6 rings (SSSR count). The number of carbonyl (C=O) groups is 2. The van der Waals surface area contributed by atoms with E-state index in [1.807, 2.05) is 47.4 Å². The maximum atomic E-state index is 14.2. The summed E-state index contributed by atoms with van der Waals surface area (Å²) >= 11 is 7.51. The Morgan fingerprint density at radius 1 is 0.941 bits per heavy atom. The molecule has 34 heavy (non-hydrogen) atoms. The number of nitrogens with zero attached hydrogens (tertiary/aromatic N) is 3. The highest BCUT2D eigenvalue weighted by molar-refractivity contribution is 8.02. The smallest absolute Gasteiger partial charge is 0.269 e. The van der Waals surface area contributed by atoms with Crippen molar-refractivity contribution < 1.29 is 9.59 Å². The van der Waals surface area contributed by atoms with Gasteiger partial charge in [-0.05, 0) is 48.2 Å². The first-order chi connectivity index (χ1) is 16.6. The normalized spacial score (nSPS) is 24.4. The second kappa shape index (κ2) is 8.45. The van der Waals surface area contributed by atoms with Crippen LogP contribution in [0.2, 0.25) is 5.02 Å². The highest BCUT2D eigenvalue weighted by atomic mass is 35.5. The van der Waals surface area contributed by atoms with Crippen molar-refractivity contribution in [1.29, 1.82) is 0 Å². The fraction of sp³-hybridized carbons (Fsp3) is 0.259. The van der Waals surface area contributed by atoms with E-state index in [4.69, 9.17) is 11.6 Å². The minimum Gasteiger partial charge on any atom is -0.295 e. The van der Waals surface area contributed by atoms with Crippen LogP contribution in [0.5, 0.6) is 0 Å². The van der Waals surface area contributed by atoms with E-state index in [0.717, 1.165) is 30.8 Å². The molecule has 3 aromatic carbocycles. The van der Waals surface area contributed by atoms with E-state index in [2.05, 4.69) is 29.2 Å². The molecule has 0 unspecified atom stereocenters. The number of thioether (sulfide) groups is 1. The summed E-state index contributed by atoms with van der Waals surface area (Å²) in [5, 5.41) is 0.596. The summed E-state index contributed by atoms with van der Waals surface area (Å²) < 4.78 is 0. The predicted octanol–water partition coefficient (Wildman–Crippen LogP) is 5.07. The topological polar surface area (TPSA) is 43.9 Å². The summed E-state index contributed by atoms with van der Waals surface area (Å²) in [6.07, 6.45) is 1.07. The van der Waals surface area contributed by atoms with Crippen LogP contribution in [0.15, 0.2) is 78.9 Å². The minimum atomic E-state index is -1.08. The Morgan fingerprint density at radius 2 is 1.68 bits per heavy atom. The van der Waals surface area contributed by atoms with Gasteiger partial charge in [-0.25, -0.2) is 0 Å². The number of carbonyl (C=O) groups excluding carboxylic acids is 2. The van der Waals surface area contributed by atoms with E-state index in [1.54, 1.807) is 17.0 Å². The van der Waals surface area contributed by atoms with Gasteiger partial charge >= 0.3 is 0 Å². The quantitative estimate of drug-likeness (QED) is 0.513. The number of hydrogen-bond donors (Lipinski definition) is 0. The summed E-state index contributed by atoms with van der Waals surface area (Å²) in [5.74, 6) is 0.609. The van der Waals surface area contributed by atoms with Gasteiger partial charge in [0.25, 0.3) is 5.91 Å². The fourth-order valence-corrected chi connectivity index (χ4v) is 6.93. The number of fused-ring (bicyclic) bond motifs is 2. The molecule has 2 saturated heterocycles. The molecule has 172 valence electrons. The molecule has 3 aliphatic rings. The Hall–Kier alpha value is -2.80. The van der Waals surface area contributed by atoms with Crippen molar-refractivity contribution in [3.8, 4) is 0 Å². The second-order valence-corrected chi connectivity index (χ2v) is 10.6. The second-order valence-electron chi connectivity index (χ2n) is 9.00. The summed E-state index contributed by atoms with van der Waals surface area (Å²) in [4.78, 5) is 32.1. The van der Waals surface area contributed by atoms with E-state index < -0.39 is 4.87 Å². The van der Waals surface area contributed by atoms with Gasteiger partial charge in [-0.1, -0.05) is 60.1 Å². The number of rotatable bonds is 4. The van der Waals surface area contributed by atoms with Crippen molar-refractivity contribution in [2.75, 3.05) is 35.3 Å². The summed E-state index contributed by atoms with van der Waals surface area (Å²) in [6.45, 7) is 2.37. The third kappa shape index (κ3) is 3.35. The molecule has 0 radical (unpaired) electrons. The Labute approximate surface area is 208 Å². The van der Waals surface area contributed by atoms with Crippen LogP contribution in [0.1, 0.15) is 23.5 Å². The van der Waals surface area contributed by atoms with Gasteiger partial charge in [0.05, 0.1) is 18.1 Å². The standard InChI is InChI=1S/C27H24ClN3O2S/c28-21-10-12-22(13-11-21)31-25(32)17-34-27(31)23-8-4-5-9-24(23)30(26(27)33)18-29-15-14-20(16-29)19-6-2-1-3-7-19/h1-13,20H,14-18H2/t20-,27+/m0/s1. The molecular weight excluding hydrogens is 466 g/mol. The van der Waals surface area contributed by atoms with Crippen LogP contribution in [0.25, 0.3) is 0 Å². The number of para-hydroxylation sites is 1. The average molecular weight is 490 g/mol. The highest BCUT2D eigenvalue weighted by Crippen LogP contribution is 2.55. The Morgan fingerprint density at radius 3 is 2.47 bits per heavy atom. The molecule has 2 amide bonds. The van der Waals surface area contributed by atoms with Gasteiger partial charge in [0.15, 0.2) is 0 Å². The lowest BCUT2D eigenvalue weighted by molar-refractivity contribution is -0.123. The zero-order chi connectivity index (χ0) is 23.3. The van der Waals surface area contributed by atoms with Crippen molar-refractivity contribution in [3.05, 3.63) is 95.0 Å². The number of hydrogen-bond acceptors (Lipinski definition) is 4. The van der Waals surface area contributed by atoms with E-state index in [1.165, 1.54) is 17.3 Å². The van der Waals surface area contributed by atoms with Gasteiger partial charge < -0.3 is 0 Å². The molecule has 1 spiro atoms. The van der Waals surface area contributed by atoms with Crippen molar-refractivity contribution in [1.82, 2.24) is 4.90 Å². The van der Waals surface area contributed by atoms with Gasteiger partial charge in [0, 0.05) is 29.4 Å². The molecule has 7 heteroatoms. The van der Waals surface area contributed by atoms with Crippen LogP contribution in [0.3, 0.4) is 0 Å². The number of likely N-dealkylation sites (tertiary alicyclic amines) is 1. The van der Waals surface area contributed by atoms with Crippen molar-refractivity contribution in [2.24, 2.45) is 0 Å². The molecule has 0 N–H and O–H groups in total. The molecule has 3 heterocycles. The maximum Gasteiger partial charge on any atom is 0.269 e. The van der Waals surface area contributed by atoms with E-state index in [0.29, 0.717) is 23.3 Å². The van der Waals surface area contributed by atoms with Crippen LogP contribution in [-0.2, 0) is 14.5 Å². The van der Waals surface area contributed by atoms with Gasteiger partial charge in [-0.2, -0.15) is 0 Å². The summed E-state index contributed by atoms with van der Waals surface area (Å²) in [6, 6.07) is 25.6. The third-order valence-corrected chi connectivity index (χ3v) is 8.67. The average Bonchev–Trinajstić information content (AvgIpc) is 3.54. The molecule has 2 atom stereocenters. The number of amides is 2. The van der Waals surface area contributed by atoms with Crippen LogP contribution in [-0.4, -0.2) is 42.2 Å². The minimum absolute atomic E-state index is 0.0531. The number of anilines is 2. The highest BCUT2D eigenvalue weighted by Gasteiger charge is 2.61. The van der Waals surface area contributed by atoms with Gasteiger partial charge in [0.1, 0.15) is 0 Å². The molecule has 3 aromatic rings. The lowest BCUT2D eigenvalue weighted by Crippen LogP contribution is -2.51. The molecule has 2 fully saturated rings. The first-order valence-corrected chi connectivity index (χ1v) is 12.9. The molecule has 0 bridgehead atoms. The Balaban J connectivity index is 1.33. The number of benzene rings is 3. The van der Waals surface area contributed by atoms with Crippen LogP contribution < -0.4 is 9.80 Å². The van der Waals surface area contributed by atoms with Crippen LogP contribution in [0.4, 0.5) is 11.4 Å². The van der Waals surface area contributed by atoms with Crippen molar-refractivity contribution in [3.63, 3.8) is 0 Å². The Bertz CT molecular complexity index is 1250. The molecule has 5 nitrogen and oxygen atoms in total. The van der Waals surface area contributed by atoms with E-state index >= 15 is 0 Å². The predicted molar refractivity (Wildman–Crippen MR) is 137 cm³/mol. The van der Waals surface area contributed by atoms with Crippen LogP contribution >= 0.6 is 23.4 Å². The Kier molecular flexibility index (Phi) is 5.40. The van der Waals surface area contributed by atoms with E-state index in [-0.39, 0.29) is 17.6 Å². The first kappa shape index (κ1) is 21.7. The fourth-order valence-electron chi connectivity index (χ4n) is 5.44. The molecule has 0 saturated carbocycles. The third-order valence-electron chi connectivity index (χ3n) is 7.03. The SMILES string of the molecule is O=C1CS[C@]2(C(=O)N(CN3CC[C@H](c4ccccc4)C3)c3ccccc32)N1c1ccc(Cl)cc1. The lowest BCUT2D eigenvalue weighted by Gasteiger charge is -2.33.